The van der Waals surface area contributed by atoms with Crippen LogP contribution in [0.3, 0.4) is 0 Å². The molecule has 0 saturated carbocycles. The topological polar surface area (TPSA) is 12.0 Å². The fourth-order valence-corrected chi connectivity index (χ4v) is 2.18. The summed E-state index contributed by atoms with van der Waals surface area (Å²) in [5.41, 5.74) is 1.78. The predicted molar refractivity (Wildman–Crippen MR) is 72.9 cm³/mol. The highest BCUT2D eigenvalue weighted by molar-refractivity contribution is 5.25. The maximum Gasteiger partial charge on any atom is 0.126 e. The SMILES string of the molecule is CCNC(Cc1ccccc1)c1cc(F)cc(F)c1. The van der Waals surface area contributed by atoms with Crippen molar-refractivity contribution in [3.63, 3.8) is 0 Å². The first-order chi connectivity index (χ1) is 9.19. The molecule has 3 heteroatoms. The average molecular weight is 261 g/mol. The fourth-order valence-electron chi connectivity index (χ4n) is 2.18. The van der Waals surface area contributed by atoms with Gasteiger partial charge in [-0.25, -0.2) is 8.78 Å². The highest BCUT2D eigenvalue weighted by atomic mass is 19.1. The lowest BCUT2D eigenvalue weighted by Gasteiger charge is -2.18. The Morgan fingerprint density at radius 2 is 1.63 bits per heavy atom. The van der Waals surface area contributed by atoms with Crippen LogP contribution in [0.5, 0.6) is 0 Å². The zero-order valence-corrected chi connectivity index (χ0v) is 10.9. The predicted octanol–water partition coefficient (Wildman–Crippen LogP) is 3.86. The molecule has 100 valence electrons. The normalized spacial score (nSPS) is 12.4. The lowest BCUT2D eigenvalue weighted by Crippen LogP contribution is -2.23. The van der Waals surface area contributed by atoms with Gasteiger partial charge in [-0.3, -0.25) is 0 Å². The molecule has 2 aromatic rings. The van der Waals surface area contributed by atoms with Crippen LogP contribution >= 0.6 is 0 Å². The van der Waals surface area contributed by atoms with Crippen LogP contribution < -0.4 is 5.32 Å². The third-order valence-corrected chi connectivity index (χ3v) is 3.02. The standard InChI is InChI=1S/C16H17F2N/c1-2-19-16(8-12-6-4-3-5-7-12)13-9-14(17)11-15(18)10-13/h3-7,9-11,16,19H,2,8H2,1H3. The van der Waals surface area contributed by atoms with E-state index in [4.69, 9.17) is 0 Å². The molecule has 1 N–H and O–H groups in total. The number of nitrogens with one attached hydrogen (secondary N) is 1. The Bertz CT molecular complexity index is 505. The first kappa shape index (κ1) is 13.7. The van der Waals surface area contributed by atoms with Crippen molar-refractivity contribution in [3.8, 4) is 0 Å². The van der Waals surface area contributed by atoms with E-state index in [-0.39, 0.29) is 6.04 Å². The van der Waals surface area contributed by atoms with E-state index >= 15 is 0 Å². The summed E-state index contributed by atoms with van der Waals surface area (Å²) in [6.07, 6.45) is 0.706. The van der Waals surface area contributed by atoms with Gasteiger partial charge in [-0.2, -0.15) is 0 Å². The minimum absolute atomic E-state index is 0.0856. The largest absolute Gasteiger partial charge is 0.310 e. The van der Waals surface area contributed by atoms with Gasteiger partial charge in [-0.1, -0.05) is 37.3 Å². The lowest BCUT2D eigenvalue weighted by atomic mass is 9.98. The first-order valence-electron chi connectivity index (χ1n) is 6.42. The van der Waals surface area contributed by atoms with Crippen LogP contribution in [-0.4, -0.2) is 6.54 Å². The zero-order chi connectivity index (χ0) is 13.7. The van der Waals surface area contributed by atoms with E-state index in [1.165, 1.54) is 12.1 Å². The van der Waals surface area contributed by atoms with Crippen LogP contribution in [-0.2, 0) is 6.42 Å². The number of halogens is 2. The van der Waals surface area contributed by atoms with Crippen molar-refractivity contribution in [2.45, 2.75) is 19.4 Å². The molecule has 0 aliphatic carbocycles. The van der Waals surface area contributed by atoms with Crippen molar-refractivity contribution < 1.29 is 8.78 Å². The lowest BCUT2D eigenvalue weighted by molar-refractivity contribution is 0.529. The number of hydrogen-bond donors (Lipinski definition) is 1. The molecule has 0 spiro atoms. The Morgan fingerprint density at radius 1 is 1.00 bits per heavy atom. The number of likely N-dealkylation sites (N-methyl/N-ethyl adjacent to an activating group) is 1. The Balaban J connectivity index is 2.24. The summed E-state index contributed by atoms with van der Waals surface area (Å²) in [6, 6.07) is 13.5. The van der Waals surface area contributed by atoms with Gasteiger partial charge in [0.15, 0.2) is 0 Å². The molecular weight excluding hydrogens is 244 g/mol. The summed E-state index contributed by atoms with van der Waals surface area (Å²) in [6.45, 7) is 2.73. The van der Waals surface area contributed by atoms with Crippen LogP contribution in [0, 0.1) is 11.6 Å². The molecule has 0 bridgehead atoms. The van der Waals surface area contributed by atoms with E-state index in [2.05, 4.69) is 5.32 Å². The van der Waals surface area contributed by atoms with E-state index < -0.39 is 11.6 Å². The molecule has 0 saturated heterocycles. The van der Waals surface area contributed by atoms with Gasteiger partial charge in [0.1, 0.15) is 11.6 Å². The second-order valence-electron chi connectivity index (χ2n) is 4.50. The molecule has 1 unspecified atom stereocenters. The summed E-state index contributed by atoms with van der Waals surface area (Å²) in [5, 5.41) is 3.27. The van der Waals surface area contributed by atoms with E-state index in [1.807, 2.05) is 37.3 Å². The Labute approximate surface area is 112 Å². The summed E-state index contributed by atoms with van der Waals surface area (Å²) in [5.74, 6) is -1.07. The van der Waals surface area contributed by atoms with Crippen LogP contribution in [0.1, 0.15) is 24.1 Å². The minimum atomic E-state index is -0.536. The van der Waals surface area contributed by atoms with Crippen molar-refractivity contribution in [1.82, 2.24) is 5.32 Å². The minimum Gasteiger partial charge on any atom is -0.310 e. The summed E-state index contributed by atoms with van der Waals surface area (Å²) in [4.78, 5) is 0. The molecule has 0 fully saturated rings. The maximum atomic E-state index is 13.3. The van der Waals surface area contributed by atoms with Crippen molar-refractivity contribution in [2.24, 2.45) is 0 Å². The fraction of sp³-hybridized carbons (Fsp3) is 0.250. The van der Waals surface area contributed by atoms with E-state index in [0.717, 1.165) is 18.2 Å². The van der Waals surface area contributed by atoms with Gasteiger partial charge in [-0.05, 0) is 36.2 Å². The molecule has 2 aromatic carbocycles. The van der Waals surface area contributed by atoms with Gasteiger partial charge in [0.2, 0.25) is 0 Å². The summed E-state index contributed by atoms with van der Waals surface area (Å²) >= 11 is 0. The third kappa shape index (κ3) is 3.86. The van der Waals surface area contributed by atoms with E-state index in [0.29, 0.717) is 12.0 Å². The molecule has 0 amide bonds. The Kier molecular flexibility index (Phi) is 4.63. The van der Waals surface area contributed by atoms with Gasteiger partial charge >= 0.3 is 0 Å². The van der Waals surface area contributed by atoms with Crippen molar-refractivity contribution in [2.75, 3.05) is 6.54 Å². The van der Waals surface area contributed by atoms with Gasteiger partial charge in [0, 0.05) is 12.1 Å². The monoisotopic (exact) mass is 261 g/mol. The summed E-state index contributed by atoms with van der Waals surface area (Å²) < 4.78 is 26.6. The highest BCUT2D eigenvalue weighted by Gasteiger charge is 2.13. The van der Waals surface area contributed by atoms with Gasteiger partial charge in [0.05, 0.1) is 0 Å². The van der Waals surface area contributed by atoms with Gasteiger partial charge in [-0.15, -0.1) is 0 Å². The van der Waals surface area contributed by atoms with Crippen LogP contribution in [0.2, 0.25) is 0 Å². The second-order valence-corrected chi connectivity index (χ2v) is 4.50. The van der Waals surface area contributed by atoms with E-state index in [9.17, 15) is 8.78 Å². The van der Waals surface area contributed by atoms with Crippen LogP contribution in [0.15, 0.2) is 48.5 Å². The zero-order valence-electron chi connectivity index (χ0n) is 10.9. The number of rotatable bonds is 5. The molecule has 19 heavy (non-hydrogen) atoms. The first-order valence-corrected chi connectivity index (χ1v) is 6.42. The van der Waals surface area contributed by atoms with Crippen LogP contribution in [0.4, 0.5) is 8.78 Å². The van der Waals surface area contributed by atoms with Crippen molar-refractivity contribution in [1.29, 1.82) is 0 Å². The Morgan fingerprint density at radius 3 is 2.21 bits per heavy atom. The van der Waals surface area contributed by atoms with Crippen molar-refractivity contribution in [3.05, 3.63) is 71.3 Å². The number of benzene rings is 2. The maximum absolute atomic E-state index is 13.3. The Hall–Kier alpha value is -1.74. The molecule has 2 rings (SSSR count). The van der Waals surface area contributed by atoms with Gasteiger partial charge in [0.25, 0.3) is 0 Å². The van der Waals surface area contributed by atoms with Gasteiger partial charge < -0.3 is 5.32 Å². The molecule has 0 aliphatic heterocycles. The van der Waals surface area contributed by atoms with E-state index in [1.54, 1.807) is 0 Å². The molecular formula is C16H17F2N. The highest BCUT2D eigenvalue weighted by Crippen LogP contribution is 2.20. The molecule has 0 aromatic heterocycles. The number of hydrogen-bond acceptors (Lipinski definition) is 1. The molecule has 0 heterocycles. The molecule has 1 atom stereocenters. The van der Waals surface area contributed by atoms with Crippen LogP contribution in [0.25, 0.3) is 0 Å². The molecule has 0 aliphatic rings. The average Bonchev–Trinajstić information content (AvgIpc) is 2.38. The van der Waals surface area contributed by atoms with Crippen molar-refractivity contribution >= 4 is 0 Å². The quantitative estimate of drug-likeness (QED) is 0.861. The third-order valence-electron chi connectivity index (χ3n) is 3.02. The summed E-state index contributed by atoms with van der Waals surface area (Å²) in [7, 11) is 0. The second kappa shape index (κ2) is 6.43. The molecule has 1 nitrogen and oxygen atoms in total. The molecule has 0 radical (unpaired) electrons. The smallest absolute Gasteiger partial charge is 0.126 e.